The number of nitrogens with zero attached hydrogens (tertiary/aromatic N) is 4. The standard InChI is InChI=1S/C19H27N5S/c1-3-23(2)14-17-6-4-5-16(11-17)13-20-18-12-19(22-15-21-18)24-7-9-25-10-8-24/h4-6,11-12,15H,3,7-10,13-14H2,1-2H3,(H,20,21,22). The molecule has 1 saturated heterocycles. The highest BCUT2D eigenvalue weighted by molar-refractivity contribution is 7.99. The number of aromatic nitrogens is 2. The normalized spacial score (nSPS) is 14.8. The Bertz CT molecular complexity index is 672. The topological polar surface area (TPSA) is 44.3 Å². The van der Waals surface area contributed by atoms with Crippen molar-refractivity contribution in [2.45, 2.75) is 20.0 Å². The zero-order chi connectivity index (χ0) is 17.5. The van der Waals surface area contributed by atoms with E-state index in [1.54, 1.807) is 6.33 Å². The molecule has 0 amide bonds. The van der Waals surface area contributed by atoms with E-state index in [2.05, 4.69) is 69.4 Å². The highest BCUT2D eigenvalue weighted by atomic mass is 32.2. The lowest BCUT2D eigenvalue weighted by Gasteiger charge is -2.27. The minimum absolute atomic E-state index is 0.774. The smallest absolute Gasteiger partial charge is 0.134 e. The molecule has 0 aliphatic carbocycles. The minimum atomic E-state index is 0.774. The summed E-state index contributed by atoms with van der Waals surface area (Å²) in [5.74, 6) is 4.26. The number of nitrogens with one attached hydrogen (secondary N) is 1. The van der Waals surface area contributed by atoms with E-state index >= 15 is 0 Å². The van der Waals surface area contributed by atoms with Crippen LogP contribution in [0, 0.1) is 0 Å². The molecule has 2 aromatic rings. The molecule has 6 heteroatoms. The molecule has 0 saturated carbocycles. The number of anilines is 2. The molecule has 134 valence electrons. The van der Waals surface area contributed by atoms with Gasteiger partial charge in [-0.1, -0.05) is 31.2 Å². The van der Waals surface area contributed by atoms with Crippen molar-refractivity contribution in [2.75, 3.05) is 48.4 Å². The van der Waals surface area contributed by atoms with E-state index in [0.29, 0.717) is 0 Å². The van der Waals surface area contributed by atoms with Crippen LogP contribution in [0.25, 0.3) is 0 Å². The van der Waals surface area contributed by atoms with Gasteiger partial charge in [-0.3, -0.25) is 0 Å². The molecule has 1 N–H and O–H groups in total. The van der Waals surface area contributed by atoms with E-state index in [1.165, 1.54) is 22.6 Å². The molecular formula is C19H27N5S. The summed E-state index contributed by atoms with van der Waals surface area (Å²) in [7, 11) is 2.15. The van der Waals surface area contributed by atoms with Crippen LogP contribution >= 0.6 is 11.8 Å². The van der Waals surface area contributed by atoms with Gasteiger partial charge in [0.1, 0.15) is 18.0 Å². The Morgan fingerprint density at radius 1 is 1.16 bits per heavy atom. The molecule has 2 heterocycles. The molecule has 5 nitrogen and oxygen atoms in total. The van der Waals surface area contributed by atoms with Crippen LogP contribution in [0.4, 0.5) is 11.6 Å². The van der Waals surface area contributed by atoms with Crippen LogP contribution in [0.5, 0.6) is 0 Å². The molecule has 1 aliphatic heterocycles. The van der Waals surface area contributed by atoms with E-state index in [-0.39, 0.29) is 0 Å². The molecule has 25 heavy (non-hydrogen) atoms. The zero-order valence-electron chi connectivity index (χ0n) is 15.1. The van der Waals surface area contributed by atoms with Gasteiger partial charge in [0, 0.05) is 43.8 Å². The third kappa shape index (κ3) is 5.34. The second-order valence-corrected chi connectivity index (χ2v) is 7.59. The van der Waals surface area contributed by atoms with Crippen LogP contribution in [-0.4, -0.2) is 53.1 Å². The lowest BCUT2D eigenvalue weighted by atomic mass is 10.1. The zero-order valence-corrected chi connectivity index (χ0v) is 15.9. The first kappa shape index (κ1) is 18.0. The summed E-state index contributed by atoms with van der Waals surface area (Å²) >= 11 is 2.01. The molecule has 0 bridgehead atoms. The summed E-state index contributed by atoms with van der Waals surface area (Å²) in [6, 6.07) is 10.8. The summed E-state index contributed by atoms with van der Waals surface area (Å²) in [5, 5.41) is 3.44. The Morgan fingerprint density at radius 2 is 1.96 bits per heavy atom. The van der Waals surface area contributed by atoms with Crippen LogP contribution in [0.1, 0.15) is 18.1 Å². The van der Waals surface area contributed by atoms with Crippen molar-refractivity contribution in [2.24, 2.45) is 0 Å². The average molecular weight is 358 g/mol. The summed E-state index contributed by atoms with van der Waals surface area (Å²) < 4.78 is 0. The third-order valence-electron chi connectivity index (χ3n) is 4.45. The average Bonchev–Trinajstić information content (AvgIpc) is 2.67. The van der Waals surface area contributed by atoms with Gasteiger partial charge in [0.2, 0.25) is 0 Å². The van der Waals surface area contributed by atoms with Gasteiger partial charge < -0.3 is 15.1 Å². The first-order valence-corrected chi connectivity index (χ1v) is 10.0. The highest BCUT2D eigenvalue weighted by Gasteiger charge is 2.12. The van der Waals surface area contributed by atoms with Crippen molar-refractivity contribution in [3.8, 4) is 0 Å². The lowest BCUT2D eigenvalue weighted by molar-refractivity contribution is 0.345. The number of hydrogen-bond acceptors (Lipinski definition) is 6. The maximum atomic E-state index is 4.43. The van der Waals surface area contributed by atoms with Gasteiger partial charge in [0.05, 0.1) is 0 Å². The SMILES string of the molecule is CCN(C)Cc1cccc(CNc2cc(N3CCSCC3)ncn2)c1. The van der Waals surface area contributed by atoms with Crippen molar-refractivity contribution in [1.29, 1.82) is 0 Å². The Kier molecular flexibility index (Phi) is 6.53. The second-order valence-electron chi connectivity index (χ2n) is 6.36. The van der Waals surface area contributed by atoms with E-state index in [4.69, 9.17) is 0 Å². The maximum Gasteiger partial charge on any atom is 0.134 e. The lowest BCUT2D eigenvalue weighted by Crippen LogP contribution is -2.33. The van der Waals surface area contributed by atoms with E-state index in [0.717, 1.165) is 44.4 Å². The third-order valence-corrected chi connectivity index (χ3v) is 5.39. The molecule has 0 atom stereocenters. The first-order chi connectivity index (χ1) is 12.2. The molecule has 0 spiro atoms. The molecule has 0 radical (unpaired) electrons. The first-order valence-electron chi connectivity index (χ1n) is 8.89. The maximum absolute atomic E-state index is 4.43. The predicted molar refractivity (Wildman–Crippen MR) is 107 cm³/mol. The Morgan fingerprint density at radius 3 is 2.76 bits per heavy atom. The number of hydrogen-bond donors (Lipinski definition) is 1. The second kappa shape index (κ2) is 9.06. The minimum Gasteiger partial charge on any atom is -0.366 e. The molecule has 0 unspecified atom stereocenters. The quantitative estimate of drug-likeness (QED) is 0.821. The van der Waals surface area contributed by atoms with Gasteiger partial charge in [-0.15, -0.1) is 0 Å². The summed E-state index contributed by atoms with van der Waals surface area (Å²) in [4.78, 5) is 13.4. The fourth-order valence-corrected chi connectivity index (χ4v) is 3.77. The van der Waals surface area contributed by atoms with Gasteiger partial charge in [0.15, 0.2) is 0 Å². The van der Waals surface area contributed by atoms with Gasteiger partial charge in [-0.2, -0.15) is 11.8 Å². The molecule has 1 fully saturated rings. The van der Waals surface area contributed by atoms with E-state index in [9.17, 15) is 0 Å². The van der Waals surface area contributed by atoms with Crippen molar-refractivity contribution in [3.63, 3.8) is 0 Å². The predicted octanol–water partition coefficient (Wildman–Crippen LogP) is 3.09. The Labute approximate surface area is 154 Å². The number of rotatable bonds is 7. The monoisotopic (exact) mass is 357 g/mol. The van der Waals surface area contributed by atoms with Crippen LogP contribution in [-0.2, 0) is 13.1 Å². The van der Waals surface area contributed by atoms with Gasteiger partial charge in [-0.05, 0) is 24.7 Å². The van der Waals surface area contributed by atoms with E-state index in [1.807, 2.05) is 11.8 Å². The van der Waals surface area contributed by atoms with Crippen molar-refractivity contribution in [3.05, 3.63) is 47.8 Å². The van der Waals surface area contributed by atoms with Gasteiger partial charge >= 0.3 is 0 Å². The molecule has 1 aromatic heterocycles. The molecule has 3 rings (SSSR count). The Balaban J connectivity index is 1.60. The van der Waals surface area contributed by atoms with Gasteiger partial charge in [-0.25, -0.2) is 9.97 Å². The fraction of sp³-hybridized carbons (Fsp3) is 0.474. The van der Waals surface area contributed by atoms with Gasteiger partial charge in [0.25, 0.3) is 0 Å². The van der Waals surface area contributed by atoms with Crippen molar-refractivity contribution in [1.82, 2.24) is 14.9 Å². The molecule has 1 aliphatic rings. The molecular weight excluding hydrogens is 330 g/mol. The van der Waals surface area contributed by atoms with E-state index < -0.39 is 0 Å². The van der Waals surface area contributed by atoms with Crippen molar-refractivity contribution < 1.29 is 0 Å². The molecule has 1 aromatic carbocycles. The Hall–Kier alpha value is -1.79. The largest absolute Gasteiger partial charge is 0.366 e. The number of thioether (sulfide) groups is 1. The number of benzene rings is 1. The van der Waals surface area contributed by atoms with Crippen LogP contribution in [0.2, 0.25) is 0 Å². The fourth-order valence-electron chi connectivity index (χ4n) is 2.86. The summed E-state index contributed by atoms with van der Waals surface area (Å²) in [6.45, 7) is 7.12. The summed E-state index contributed by atoms with van der Waals surface area (Å²) in [6.07, 6.45) is 1.66. The summed E-state index contributed by atoms with van der Waals surface area (Å²) in [5.41, 5.74) is 2.62. The van der Waals surface area contributed by atoms with Crippen LogP contribution < -0.4 is 10.2 Å². The van der Waals surface area contributed by atoms with Crippen LogP contribution in [0.3, 0.4) is 0 Å². The van der Waals surface area contributed by atoms with Crippen molar-refractivity contribution >= 4 is 23.4 Å². The van der Waals surface area contributed by atoms with Crippen LogP contribution in [0.15, 0.2) is 36.7 Å². The highest BCUT2D eigenvalue weighted by Crippen LogP contribution is 2.19.